The highest BCUT2D eigenvalue weighted by Crippen LogP contribution is 2.44. The van der Waals surface area contributed by atoms with Crippen molar-refractivity contribution >= 4 is 11.9 Å². The highest BCUT2D eigenvalue weighted by Gasteiger charge is 2.37. The molecule has 2 rings (SSSR count). The zero-order valence-corrected chi connectivity index (χ0v) is 15.3. The normalized spacial score (nSPS) is 21.1. The smallest absolute Gasteiger partial charge is 0.0659 e. The molecule has 0 saturated heterocycles. The molecular formula is C22H28N2. The molecule has 126 valence electrons. The Bertz CT molecular complexity index is 721. The largest absolute Gasteiger partial charge is 0.364 e. The number of rotatable bonds is 5. The molecule has 1 aliphatic heterocycles. The molecule has 2 unspecified atom stereocenters. The molecule has 2 atom stereocenters. The lowest BCUT2D eigenvalue weighted by molar-refractivity contribution is 0.310. The maximum absolute atomic E-state index is 4.44. The summed E-state index contributed by atoms with van der Waals surface area (Å²) in [4.78, 5) is 6.80. The summed E-state index contributed by atoms with van der Waals surface area (Å²) in [6, 6.07) is 8.68. The van der Waals surface area contributed by atoms with Crippen LogP contribution in [0.25, 0.3) is 5.70 Å². The van der Waals surface area contributed by atoms with Gasteiger partial charge in [-0.15, -0.1) is 0 Å². The molecule has 0 saturated carbocycles. The zero-order valence-electron chi connectivity index (χ0n) is 15.3. The van der Waals surface area contributed by atoms with Crippen molar-refractivity contribution in [1.29, 1.82) is 0 Å². The Balaban J connectivity index is 2.64. The molecule has 1 heterocycles. The Hall–Kier alpha value is -2.35. The third-order valence-corrected chi connectivity index (χ3v) is 4.59. The predicted molar refractivity (Wildman–Crippen MR) is 106 cm³/mol. The summed E-state index contributed by atoms with van der Waals surface area (Å²) < 4.78 is 0. The van der Waals surface area contributed by atoms with Gasteiger partial charge in [-0.1, -0.05) is 55.7 Å². The molecule has 2 heteroatoms. The maximum atomic E-state index is 4.44. The molecule has 0 radical (unpaired) electrons. The second-order valence-corrected chi connectivity index (χ2v) is 6.37. The van der Waals surface area contributed by atoms with Gasteiger partial charge in [-0.05, 0) is 38.8 Å². The third kappa shape index (κ3) is 3.28. The van der Waals surface area contributed by atoms with Gasteiger partial charge >= 0.3 is 0 Å². The van der Waals surface area contributed by atoms with Gasteiger partial charge in [0, 0.05) is 35.6 Å². The lowest BCUT2D eigenvalue weighted by Crippen LogP contribution is -2.44. The molecule has 0 N–H and O–H groups in total. The molecule has 2 nitrogen and oxygen atoms in total. The fraction of sp³-hybridized carbons (Fsp3) is 0.318. The minimum Gasteiger partial charge on any atom is -0.364 e. The number of nitrogens with zero attached hydrogens (tertiary/aromatic N) is 2. The Morgan fingerprint density at radius 1 is 1.25 bits per heavy atom. The summed E-state index contributed by atoms with van der Waals surface area (Å²) in [6.45, 7) is 21.7. The van der Waals surface area contributed by atoms with Gasteiger partial charge in [0.2, 0.25) is 0 Å². The summed E-state index contributed by atoms with van der Waals surface area (Å²) in [6.07, 6.45) is 4.07. The molecular weight excluding hydrogens is 292 g/mol. The van der Waals surface area contributed by atoms with Crippen molar-refractivity contribution in [1.82, 2.24) is 4.90 Å². The van der Waals surface area contributed by atoms with Crippen LogP contribution in [0.2, 0.25) is 0 Å². The maximum Gasteiger partial charge on any atom is 0.0659 e. The van der Waals surface area contributed by atoms with E-state index >= 15 is 0 Å². The first kappa shape index (κ1) is 18.0. The van der Waals surface area contributed by atoms with Crippen molar-refractivity contribution in [3.63, 3.8) is 0 Å². The van der Waals surface area contributed by atoms with Gasteiger partial charge in [0.05, 0.1) is 6.04 Å². The molecule has 1 aromatic carbocycles. The van der Waals surface area contributed by atoms with Crippen LogP contribution in [-0.2, 0) is 0 Å². The summed E-state index contributed by atoms with van der Waals surface area (Å²) in [7, 11) is 0. The van der Waals surface area contributed by atoms with Gasteiger partial charge < -0.3 is 4.90 Å². The number of allylic oxidation sites excluding steroid dienone is 2. The van der Waals surface area contributed by atoms with Crippen LogP contribution in [0.15, 0.2) is 71.9 Å². The molecule has 0 aromatic heterocycles. The first-order valence-electron chi connectivity index (χ1n) is 8.48. The van der Waals surface area contributed by atoms with Crippen LogP contribution in [0.4, 0.5) is 0 Å². The number of likely N-dealkylation sites (N-methyl/N-ethyl adjacent to an activating group) is 1. The molecule has 1 aromatic rings. The number of hydrogen-bond donors (Lipinski definition) is 0. The monoisotopic (exact) mass is 320 g/mol. The summed E-state index contributed by atoms with van der Waals surface area (Å²) in [5.41, 5.74) is 6.71. The van der Waals surface area contributed by atoms with Crippen LogP contribution < -0.4 is 0 Å². The van der Waals surface area contributed by atoms with Crippen LogP contribution in [0, 0.1) is 0 Å². The van der Waals surface area contributed by atoms with Crippen molar-refractivity contribution in [3.8, 4) is 0 Å². The Labute approximate surface area is 146 Å². The highest BCUT2D eigenvalue weighted by atomic mass is 15.2. The Morgan fingerprint density at radius 3 is 2.46 bits per heavy atom. The highest BCUT2D eigenvalue weighted by molar-refractivity contribution is 5.83. The summed E-state index contributed by atoms with van der Waals surface area (Å²) in [5, 5.41) is 0. The van der Waals surface area contributed by atoms with Gasteiger partial charge in [0.1, 0.15) is 0 Å². The fourth-order valence-electron chi connectivity index (χ4n) is 3.50. The number of benzene rings is 1. The Morgan fingerprint density at radius 2 is 1.92 bits per heavy atom. The van der Waals surface area contributed by atoms with Crippen LogP contribution in [0.5, 0.6) is 0 Å². The molecule has 1 aliphatic rings. The van der Waals surface area contributed by atoms with E-state index in [1.807, 2.05) is 13.1 Å². The first-order valence-corrected chi connectivity index (χ1v) is 8.48. The summed E-state index contributed by atoms with van der Waals surface area (Å²) in [5.74, 6) is 0.217. The van der Waals surface area contributed by atoms with E-state index in [0.29, 0.717) is 0 Å². The van der Waals surface area contributed by atoms with E-state index in [2.05, 4.69) is 80.7 Å². The minimum atomic E-state index is 0.156. The molecule has 0 spiro atoms. The molecule has 0 aliphatic carbocycles. The second kappa shape index (κ2) is 7.48. The van der Waals surface area contributed by atoms with Crippen LogP contribution >= 0.6 is 0 Å². The quantitative estimate of drug-likeness (QED) is 0.511. The van der Waals surface area contributed by atoms with Crippen molar-refractivity contribution in [3.05, 3.63) is 78.0 Å². The standard InChI is InChI=1S/C22H28N2/c1-8-18(14-23-16(5)6)22-21(15(3)4)20-13-11-10-12-19(20)17(7)24(22)9-2/h8,10-14,21-22H,3,5,7,9H2,1-2,4,6H3/b18-8+,23-14?. The topological polar surface area (TPSA) is 15.6 Å². The molecule has 0 bridgehead atoms. The SMILES string of the molecule is C=C(C)N=C/C(=C\C)C1C(C(=C)C)c2ccccc2C(=C)N1CC. The van der Waals surface area contributed by atoms with E-state index in [9.17, 15) is 0 Å². The number of fused-ring (bicyclic) bond motifs is 1. The van der Waals surface area contributed by atoms with Crippen LogP contribution in [0.1, 0.15) is 44.7 Å². The van der Waals surface area contributed by atoms with E-state index in [1.54, 1.807) is 0 Å². The average molecular weight is 320 g/mol. The lowest BCUT2D eigenvalue weighted by atomic mass is 9.75. The van der Waals surface area contributed by atoms with Crippen LogP contribution in [0.3, 0.4) is 0 Å². The van der Waals surface area contributed by atoms with E-state index in [4.69, 9.17) is 0 Å². The fourth-order valence-corrected chi connectivity index (χ4v) is 3.50. The minimum absolute atomic E-state index is 0.156. The average Bonchev–Trinajstić information content (AvgIpc) is 2.55. The van der Waals surface area contributed by atoms with Gasteiger partial charge in [0.15, 0.2) is 0 Å². The van der Waals surface area contributed by atoms with Gasteiger partial charge in [0.25, 0.3) is 0 Å². The first-order chi connectivity index (χ1) is 11.4. The van der Waals surface area contributed by atoms with Gasteiger partial charge in [-0.3, -0.25) is 4.99 Å². The molecule has 24 heavy (non-hydrogen) atoms. The van der Waals surface area contributed by atoms with Crippen molar-refractivity contribution in [2.45, 2.75) is 39.7 Å². The van der Waals surface area contributed by atoms with Crippen molar-refractivity contribution in [2.75, 3.05) is 6.54 Å². The van der Waals surface area contributed by atoms with Crippen LogP contribution in [-0.4, -0.2) is 23.7 Å². The van der Waals surface area contributed by atoms with E-state index in [1.165, 1.54) is 16.7 Å². The number of hydrogen-bond acceptors (Lipinski definition) is 2. The van der Waals surface area contributed by atoms with E-state index < -0.39 is 0 Å². The van der Waals surface area contributed by atoms with Crippen molar-refractivity contribution < 1.29 is 0 Å². The number of aliphatic imine (C=N–C) groups is 1. The molecule has 0 amide bonds. The molecule has 0 fully saturated rings. The van der Waals surface area contributed by atoms with Gasteiger partial charge in [-0.2, -0.15) is 0 Å². The lowest BCUT2D eigenvalue weighted by Gasteiger charge is -2.45. The van der Waals surface area contributed by atoms with E-state index in [-0.39, 0.29) is 12.0 Å². The zero-order chi connectivity index (χ0) is 17.9. The van der Waals surface area contributed by atoms with E-state index in [0.717, 1.165) is 23.5 Å². The Kier molecular flexibility index (Phi) is 5.61. The van der Waals surface area contributed by atoms with Gasteiger partial charge in [-0.25, -0.2) is 0 Å². The van der Waals surface area contributed by atoms with Crippen molar-refractivity contribution in [2.24, 2.45) is 4.99 Å². The third-order valence-electron chi connectivity index (χ3n) is 4.59. The summed E-state index contributed by atoms with van der Waals surface area (Å²) >= 11 is 0. The second-order valence-electron chi connectivity index (χ2n) is 6.37. The predicted octanol–water partition coefficient (Wildman–Crippen LogP) is 5.57.